The molecule has 21 heavy (non-hydrogen) atoms. The lowest BCUT2D eigenvalue weighted by Gasteiger charge is -2.08. The molecule has 3 heterocycles. The van der Waals surface area contributed by atoms with Crippen LogP contribution in [0, 0.1) is 6.92 Å². The van der Waals surface area contributed by atoms with E-state index in [4.69, 9.17) is 0 Å². The number of anilines is 2. The van der Waals surface area contributed by atoms with Gasteiger partial charge in [-0.15, -0.1) is 11.3 Å². The molecule has 5 nitrogen and oxygen atoms in total. The summed E-state index contributed by atoms with van der Waals surface area (Å²) < 4.78 is 0. The van der Waals surface area contributed by atoms with Crippen molar-refractivity contribution in [2.75, 3.05) is 24.2 Å². The summed E-state index contributed by atoms with van der Waals surface area (Å²) in [4.78, 5) is 15.3. The zero-order valence-corrected chi connectivity index (χ0v) is 12.9. The second-order valence-corrected chi connectivity index (χ2v) is 5.99. The SMILES string of the molecule is CNc1nc(NCCc2ccncc2)c2cc(C)sc2n1. The highest BCUT2D eigenvalue weighted by Gasteiger charge is 2.09. The van der Waals surface area contributed by atoms with Crippen LogP contribution in [0.15, 0.2) is 30.6 Å². The van der Waals surface area contributed by atoms with E-state index in [0.717, 1.165) is 29.0 Å². The van der Waals surface area contributed by atoms with E-state index in [1.54, 1.807) is 11.3 Å². The van der Waals surface area contributed by atoms with Gasteiger partial charge in [0, 0.05) is 30.9 Å². The third-order valence-corrected chi connectivity index (χ3v) is 4.14. The first-order valence-corrected chi connectivity index (χ1v) is 7.66. The monoisotopic (exact) mass is 299 g/mol. The van der Waals surface area contributed by atoms with Gasteiger partial charge in [-0.1, -0.05) is 0 Å². The maximum Gasteiger partial charge on any atom is 0.225 e. The van der Waals surface area contributed by atoms with Crippen LogP contribution in [-0.4, -0.2) is 28.5 Å². The molecule has 2 N–H and O–H groups in total. The number of hydrogen-bond acceptors (Lipinski definition) is 6. The quantitative estimate of drug-likeness (QED) is 0.758. The van der Waals surface area contributed by atoms with Crippen molar-refractivity contribution in [3.05, 3.63) is 41.0 Å². The molecule has 0 radical (unpaired) electrons. The molecule has 0 unspecified atom stereocenters. The van der Waals surface area contributed by atoms with Crippen molar-refractivity contribution in [1.29, 1.82) is 0 Å². The van der Waals surface area contributed by atoms with Gasteiger partial charge in [0.15, 0.2) is 0 Å². The number of pyridine rings is 1. The third kappa shape index (κ3) is 3.11. The predicted molar refractivity (Wildman–Crippen MR) is 88.1 cm³/mol. The second kappa shape index (κ2) is 6.05. The summed E-state index contributed by atoms with van der Waals surface area (Å²) in [5.74, 6) is 1.54. The first-order chi connectivity index (χ1) is 10.3. The fourth-order valence-electron chi connectivity index (χ4n) is 2.16. The van der Waals surface area contributed by atoms with Gasteiger partial charge in [0.1, 0.15) is 10.6 Å². The highest BCUT2D eigenvalue weighted by atomic mass is 32.1. The molecule has 0 aliphatic rings. The lowest BCUT2D eigenvalue weighted by molar-refractivity contribution is 1.00. The molecule has 0 saturated heterocycles. The molecule has 0 atom stereocenters. The minimum Gasteiger partial charge on any atom is -0.369 e. The fourth-order valence-corrected chi connectivity index (χ4v) is 3.04. The molecule has 0 aliphatic carbocycles. The number of rotatable bonds is 5. The number of nitrogens with zero attached hydrogens (tertiary/aromatic N) is 3. The van der Waals surface area contributed by atoms with E-state index in [2.05, 4.69) is 38.6 Å². The zero-order valence-electron chi connectivity index (χ0n) is 12.1. The standard InChI is InChI=1S/C15H17N5S/c1-10-9-12-13(19-15(16-2)20-14(12)21-10)18-8-5-11-3-6-17-7-4-11/h3-4,6-7,9H,5,8H2,1-2H3,(H2,16,18,19,20). The van der Waals surface area contributed by atoms with Crippen LogP contribution in [-0.2, 0) is 6.42 Å². The Kier molecular flexibility index (Phi) is 3.96. The normalized spacial score (nSPS) is 10.8. The molecule has 3 rings (SSSR count). The van der Waals surface area contributed by atoms with Crippen molar-refractivity contribution in [1.82, 2.24) is 15.0 Å². The molecule has 3 aromatic heterocycles. The summed E-state index contributed by atoms with van der Waals surface area (Å²) in [7, 11) is 1.84. The summed E-state index contributed by atoms with van der Waals surface area (Å²) in [6, 6.07) is 6.20. The smallest absolute Gasteiger partial charge is 0.225 e. The number of thiophene rings is 1. The molecule has 3 aromatic rings. The summed E-state index contributed by atoms with van der Waals surface area (Å²) in [5, 5.41) is 7.52. The summed E-state index contributed by atoms with van der Waals surface area (Å²) in [6.45, 7) is 2.92. The van der Waals surface area contributed by atoms with Crippen LogP contribution < -0.4 is 10.6 Å². The van der Waals surface area contributed by atoms with Gasteiger partial charge in [-0.05, 0) is 37.1 Å². The van der Waals surface area contributed by atoms with Crippen LogP contribution in [0.2, 0.25) is 0 Å². The summed E-state index contributed by atoms with van der Waals surface area (Å²) >= 11 is 1.69. The van der Waals surface area contributed by atoms with Crippen molar-refractivity contribution < 1.29 is 0 Å². The summed E-state index contributed by atoms with van der Waals surface area (Å²) in [5.41, 5.74) is 1.26. The number of hydrogen-bond donors (Lipinski definition) is 2. The minimum absolute atomic E-state index is 0.649. The Morgan fingerprint density at radius 3 is 2.76 bits per heavy atom. The van der Waals surface area contributed by atoms with Crippen LogP contribution in [0.5, 0.6) is 0 Å². The van der Waals surface area contributed by atoms with Gasteiger partial charge in [-0.25, -0.2) is 4.98 Å². The molecule has 0 aromatic carbocycles. The molecule has 0 amide bonds. The molecule has 0 spiro atoms. The second-order valence-electron chi connectivity index (χ2n) is 4.75. The third-order valence-electron chi connectivity index (χ3n) is 3.20. The highest BCUT2D eigenvalue weighted by Crippen LogP contribution is 2.29. The molecule has 0 fully saturated rings. The van der Waals surface area contributed by atoms with Crippen LogP contribution >= 0.6 is 11.3 Å². The van der Waals surface area contributed by atoms with Crippen molar-refractivity contribution >= 4 is 33.3 Å². The van der Waals surface area contributed by atoms with Crippen molar-refractivity contribution in [2.24, 2.45) is 0 Å². The zero-order chi connectivity index (χ0) is 14.7. The Bertz CT molecular complexity index is 738. The van der Waals surface area contributed by atoms with Gasteiger partial charge in [0.25, 0.3) is 0 Å². The van der Waals surface area contributed by atoms with Crippen LogP contribution in [0.25, 0.3) is 10.2 Å². The Balaban J connectivity index is 1.79. The lowest BCUT2D eigenvalue weighted by atomic mass is 10.2. The van der Waals surface area contributed by atoms with Crippen LogP contribution in [0.1, 0.15) is 10.4 Å². The number of nitrogens with one attached hydrogen (secondary N) is 2. The topological polar surface area (TPSA) is 62.7 Å². The molecule has 6 heteroatoms. The van der Waals surface area contributed by atoms with Gasteiger partial charge >= 0.3 is 0 Å². The van der Waals surface area contributed by atoms with Crippen molar-refractivity contribution in [2.45, 2.75) is 13.3 Å². The van der Waals surface area contributed by atoms with E-state index < -0.39 is 0 Å². The maximum atomic E-state index is 4.52. The number of aromatic nitrogens is 3. The molecule has 108 valence electrons. The Hall–Kier alpha value is -2.21. The highest BCUT2D eigenvalue weighted by molar-refractivity contribution is 7.18. The Labute approximate surface area is 127 Å². The van der Waals surface area contributed by atoms with Gasteiger partial charge in [-0.3, -0.25) is 4.98 Å². The van der Waals surface area contributed by atoms with E-state index in [1.165, 1.54) is 10.4 Å². The number of fused-ring (bicyclic) bond motifs is 1. The van der Waals surface area contributed by atoms with E-state index in [0.29, 0.717) is 5.95 Å². The van der Waals surface area contributed by atoms with E-state index in [1.807, 2.05) is 31.6 Å². The minimum atomic E-state index is 0.649. The van der Waals surface area contributed by atoms with Crippen LogP contribution in [0.4, 0.5) is 11.8 Å². The van der Waals surface area contributed by atoms with Crippen LogP contribution in [0.3, 0.4) is 0 Å². The molecular weight excluding hydrogens is 282 g/mol. The van der Waals surface area contributed by atoms with Gasteiger partial charge in [0.2, 0.25) is 5.95 Å². The van der Waals surface area contributed by atoms with Crippen molar-refractivity contribution in [3.63, 3.8) is 0 Å². The van der Waals surface area contributed by atoms with Gasteiger partial charge < -0.3 is 10.6 Å². The first kappa shape index (κ1) is 13.8. The first-order valence-electron chi connectivity index (χ1n) is 6.85. The molecule has 0 bridgehead atoms. The van der Waals surface area contributed by atoms with Gasteiger partial charge in [0.05, 0.1) is 5.39 Å². The molecule has 0 saturated carbocycles. The van der Waals surface area contributed by atoms with Gasteiger partial charge in [-0.2, -0.15) is 4.98 Å². The summed E-state index contributed by atoms with van der Waals surface area (Å²) in [6.07, 6.45) is 4.57. The van der Waals surface area contributed by atoms with E-state index in [-0.39, 0.29) is 0 Å². The average molecular weight is 299 g/mol. The number of aryl methyl sites for hydroxylation is 1. The predicted octanol–water partition coefficient (Wildman–Crippen LogP) is 3.09. The Morgan fingerprint density at radius 2 is 2.00 bits per heavy atom. The van der Waals surface area contributed by atoms with Crippen molar-refractivity contribution in [3.8, 4) is 0 Å². The van der Waals surface area contributed by atoms with E-state index >= 15 is 0 Å². The largest absolute Gasteiger partial charge is 0.369 e. The lowest BCUT2D eigenvalue weighted by Crippen LogP contribution is -2.08. The molecular formula is C15H17N5S. The average Bonchev–Trinajstić information content (AvgIpc) is 2.88. The maximum absolute atomic E-state index is 4.52. The Morgan fingerprint density at radius 1 is 1.19 bits per heavy atom. The van der Waals surface area contributed by atoms with E-state index in [9.17, 15) is 0 Å². The molecule has 0 aliphatic heterocycles. The fraction of sp³-hybridized carbons (Fsp3) is 0.267.